The standard InChI is InChI=1S/C25H33N3/c1-5-13-28(14-6-2)19(4)23-15-22-12-11-21(16-24(22)27-25(26)17-23)20-9-7-18(3)8-10-20/h7,9,11-12,15-16H,4-6,8,10,13-14,17H2,1-3H3,(H2,26,27). The molecule has 148 valence electrons. The molecule has 0 aromatic heterocycles. The van der Waals surface area contributed by atoms with Crippen molar-refractivity contribution in [2.24, 2.45) is 10.7 Å². The van der Waals surface area contributed by atoms with Gasteiger partial charge < -0.3 is 10.6 Å². The predicted molar refractivity (Wildman–Crippen MR) is 123 cm³/mol. The molecule has 0 saturated carbocycles. The van der Waals surface area contributed by atoms with E-state index in [2.05, 4.69) is 68.7 Å². The molecule has 1 aromatic rings. The van der Waals surface area contributed by atoms with E-state index in [0.29, 0.717) is 12.3 Å². The molecule has 2 N–H and O–H groups in total. The van der Waals surface area contributed by atoms with Crippen molar-refractivity contribution in [1.29, 1.82) is 0 Å². The fourth-order valence-corrected chi connectivity index (χ4v) is 3.88. The highest BCUT2D eigenvalue weighted by atomic mass is 15.1. The maximum absolute atomic E-state index is 6.30. The van der Waals surface area contributed by atoms with Gasteiger partial charge in [0.15, 0.2) is 0 Å². The quantitative estimate of drug-likeness (QED) is 0.614. The van der Waals surface area contributed by atoms with Gasteiger partial charge in [0, 0.05) is 30.8 Å². The van der Waals surface area contributed by atoms with E-state index in [-0.39, 0.29) is 0 Å². The second-order valence-corrected chi connectivity index (χ2v) is 7.86. The van der Waals surface area contributed by atoms with Crippen molar-refractivity contribution in [3.05, 3.63) is 64.9 Å². The zero-order valence-corrected chi connectivity index (χ0v) is 17.6. The number of benzene rings is 1. The number of nitrogens with two attached hydrogens (primary N) is 1. The molecule has 0 fully saturated rings. The number of amidine groups is 1. The van der Waals surface area contributed by atoms with E-state index in [9.17, 15) is 0 Å². The van der Waals surface area contributed by atoms with Crippen LogP contribution in [0.3, 0.4) is 0 Å². The Morgan fingerprint density at radius 3 is 2.54 bits per heavy atom. The molecule has 3 rings (SSSR count). The van der Waals surface area contributed by atoms with Gasteiger partial charge in [-0.1, -0.05) is 50.3 Å². The van der Waals surface area contributed by atoms with Crippen molar-refractivity contribution in [3.8, 4) is 0 Å². The topological polar surface area (TPSA) is 41.6 Å². The van der Waals surface area contributed by atoms with Gasteiger partial charge in [0.25, 0.3) is 0 Å². The van der Waals surface area contributed by atoms with Crippen LogP contribution in [-0.4, -0.2) is 23.8 Å². The highest BCUT2D eigenvalue weighted by Crippen LogP contribution is 2.34. The maximum atomic E-state index is 6.30. The summed E-state index contributed by atoms with van der Waals surface area (Å²) >= 11 is 0. The minimum absolute atomic E-state index is 0.650. The van der Waals surface area contributed by atoms with Crippen LogP contribution in [0, 0.1) is 0 Å². The van der Waals surface area contributed by atoms with Crippen LogP contribution in [0.2, 0.25) is 0 Å². The molecule has 0 atom stereocenters. The molecule has 3 heteroatoms. The summed E-state index contributed by atoms with van der Waals surface area (Å²) in [7, 11) is 0. The van der Waals surface area contributed by atoms with Crippen LogP contribution in [-0.2, 0) is 0 Å². The number of aliphatic imine (C=N–C) groups is 1. The van der Waals surface area contributed by atoms with Crippen molar-refractivity contribution in [1.82, 2.24) is 4.90 Å². The van der Waals surface area contributed by atoms with Crippen LogP contribution >= 0.6 is 0 Å². The first-order valence-electron chi connectivity index (χ1n) is 10.5. The molecule has 28 heavy (non-hydrogen) atoms. The number of hydrogen-bond acceptors (Lipinski definition) is 3. The summed E-state index contributed by atoms with van der Waals surface area (Å²) in [6.07, 6.45) is 11.8. The Kier molecular flexibility index (Phi) is 6.56. The highest BCUT2D eigenvalue weighted by Gasteiger charge is 2.17. The molecule has 1 aliphatic heterocycles. The monoisotopic (exact) mass is 375 g/mol. The van der Waals surface area contributed by atoms with Gasteiger partial charge in [-0.15, -0.1) is 0 Å². The molecule has 1 heterocycles. The van der Waals surface area contributed by atoms with E-state index in [1.54, 1.807) is 0 Å². The van der Waals surface area contributed by atoms with E-state index >= 15 is 0 Å². The summed E-state index contributed by atoms with van der Waals surface area (Å²) in [5, 5.41) is 0. The van der Waals surface area contributed by atoms with Crippen LogP contribution in [0.25, 0.3) is 11.6 Å². The van der Waals surface area contributed by atoms with E-state index in [1.807, 2.05) is 0 Å². The van der Waals surface area contributed by atoms with E-state index in [4.69, 9.17) is 10.7 Å². The van der Waals surface area contributed by atoms with Crippen molar-refractivity contribution in [3.63, 3.8) is 0 Å². The van der Waals surface area contributed by atoms with E-state index < -0.39 is 0 Å². The minimum Gasteiger partial charge on any atom is -0.387 e. The van der Waals surface area contributed by atoms with Crippen LogP contribution in [0.4, 0.5) is 5.69 Å². The largest absolute Gasteiger partial charge is 0.387 e. The van der Waals surface area contributed by atoms with Gasteiger partial charge in [-0.3, -0.25) is 0 Å². The molecule has 0 radical (unpaired) electrons. The number of fused-ring (bicyclic) bond motifs is 1. The summed E-state index contributed by atoms with van der Waals surface area (Å²) in [5.41, 5.74) is 14.7. The average Bonchev–Trinajstić information content (AvgIpc) is 2.85. The fraction of sp³-hybridized carbons (Fsp3) is 0.400. The Bertz CT molecular complexity index is 862. The van der Waals surface area contributed by atoms with Gasteiger partial charge in [-0.2, -0.15) is 0 Å². The summed E-state index contributed by atoms with van der Waals surface area (Å²) in [5.74, 6) is 0.657. The molecular formula is C25H33N3. The number of allylic oxidation sites excluding steroid dienone is 5. The lowest BCUT2D eigenvalue weighted by Gasteiger charge is -2.27. The highest BCUT2D eigenvalue weighted by molar-refractivity contribution is 5.91. The van der Waals surface area contributed by atoms with Crippen LogP contribution in [0.15, 0.2) is 58.8 Å². The first kappa shape index (κ1) is 20.2. The first-order chi connectivity index (χ1) is 13.5. The van der Waals surface area contributed by atoms with Crippen molar-refractivity contribution in [2.75, 3.05) is 13.1 Å². The number of nitrogens with zero attached hydrogens (tertiary/aromatic N) is 2. The zero-order valence-electron chi connectivity index (χ0n) is 17.6. The summed E-state index contributed by atoms with van der Waals surface area (Å²) in [6.45, 7) is 13.0. The third-order valence-corrected chi connectivity index (χ3v) is 5.46. The van der Waals surface area contributed by atoms with Gasteiger partial charge in [0.1, 0.15) is 5.84 Å². The molecule has 0 unspecified atom stereocenters. The molecule has 1 aromatic carbocycles. The van der Waals surface area contributed by atoms with Crippen LogP contribution < -0.4 is 5.73 Å². The molecule has 2 aliphatic rings. The smallest absolute Gasteiger partial charge is 0.104 e. The summed E-state index contributed by atoms with van der Waals surface area (Å²) in [6, 6.07) is 6.57. The predicted octanol–water partition coefficient (Wildman–Crippen LogP) is 6.22. The first-order valence-corrected chi connectivity index (χ1v) is 10.5. The fourth-order valence-electron chi connectivity index (χ4n) is 3.88. The van der Waals surface area contributed by atoms with E-state index in [0.717, 1.165) is 55.7 Å². The maximum Gasteiger partial charge on any atom is 0.104 e. The lowest BCUT2D eigenvalue weighted by atomic mass is 9.92. The Balaban J connectivity index is 1.93. The molecule has 0 spiro atoms. The zero-order chi connectivity index (χ0) is 20.1. The van der Waals surface area contributed by atoms with Crippen molar-refractivity contribution < 1.29 is 0 Å². The third-order valence-electron chi connectivity index (χ3n) is 5.46. The van der Waals surface area contributed by atoms with Crippen LogP contribution in [0.1, 0.15) is 64.0 Å². The molecule has 0 amide bonds. The average molecular weight is 376 g/mol. The van der Waals surface area contributed by atoms with Gasteiger partial charge >= 0.3 is 0 Å². The number of hydrogen-bond donors (Lipinski definition) is 1. The normalized spacial score (nSPS) is 16.2. The molecule has 0 bridgehead atoms. The number of rotatable bonds is 7. The molecular weight excluding hydrogens is 342 g/mol. The second-order valence-electron chi connectivity index (χ2n) is 7.86. The van der Waals surface area contributed by atoms with Gasteiger partial charge in [-0.25, -0.2) is 4.99 Å². The molecule has 3 nitrogen and oxygen atoms in total. The second kappa shape index (κ2) is 9.09. The Labute approximate surface area is 170 Å². The van der Waals surface area contributed by atoms with Gasteiger partial charge in [0.05, 0.1) is 5.69 Å². The molecule has 0 saturated heterocycles. The Morgan fingerprint density at radius 1 is 1.14 bits per heavy atom. The summed E-state index contributed by atoms with van der Waals surface area (Å²) in [4.78, 5) is 7.11. The minimum atomic E-state index is 0.650. The van der Waals surface area contributed by atoms with Gasteiger partial charge in [-0.05, 0) is 61.5 Å². The third kappa shape index (κ3) is 4.64. The summed E-state index contributed by atoms with van der Waals surface area (Å²) < 4.78 is 0. The van der Waals surface area contributed by atoms with E-state index in [1.165, 1.54) is 22.3 Å². The Morgan fingerprint density at radius 2 is 1.89 bits per heavy atom. The Hall–Kier alpha value is -2.55. The molecule has 1 aliphatic carbocycles. The van der Waals surface area contributed by atoms with Crippen LogP contribution in [0.5, 0.6) is 0 Å². The lowest BCUT2D eigenvalue weighted by molar-refractivity contribution is 0.351. The lowest BCUT2D eigenvalue weighted by Crippen LogP contribution is -2.26. The van der Waals surface area contributed by atoms with Crippen molar-refractivity contribution in [2.45, 2.75) is 52.9 Å². The SMILES string of the molecule is C=C(C1=Cc2ccc(C3=CC=C(C)CC3)cc2N=C(N)C1)N(CCC)CCC. The van der Waals surface area contributed by atoms with Gasteiger partial charge in [0.2, 0.25) is 0 Å². The van der Waals surface area contributed by atoms with Crippen molar-refractivity contribution >= 4 is 23.2 Å².